The van der Waals surface area contributed by atoms with Gasteiger partial charge in [0.25, 0.3) is 0 Å². The number of fused-ring (bicyclic) bond motifs is 5. The number of allylic oxidation sites excluding steroid dienone is 3. The van der Waals surface area contributed by atoms with E-state index in [4.69, 9.17) is 0 Å². The van der Waals surface area contributed by atoms with Crippen molar-refractivity contribution >= 4 is 5.78 Å². The van der Waals surface area contributed by atoms with E-state index in [1.807, 2.05) is 0 Å². The highest BCUT2D eigenvalue weighted by atomic mass is 16.1. The first kappa shape index (κ1) is 21.4. The van der Waals surface area contributed by atoms with Crippen molar-refractivity contribution in [2.75, 3.05) is 0 Å². The minimum absolute atomic E-state index is 0.294. The molecule has 29 heavy (non-hydrogen) atoms. The van der Waals surface area contributed by atoms with Gasteiger partial charge < -0.3 is 0 Å². The number of rotatable bonds is 4. The van der Waals surface area contributed by atoms with Gasteiger partial charge in [-0.05, 0) is 103 Å². The second-order valence-corrected chi connectivity index (χ2v) is 12.2. The van der Waals surface area contributed by atoms with Gasteiger partial charge >= 0.3 is 0 Å². The van der Waals surface area contributed by atoms with Crippen LogP contribution in [0, 0.1) is 45.8 Å². The molecule has 0 spiro atoms. The summed E-state index contributed by atoms with van der Waals surface area (Å²) in [6, 6.07) is 0. The van der Waals surface area contributed by atoms with E-state index < -0.39 is 0 Å². The predicted molar refractivity (Wildman–Crippen MR) is 123 cm³/mol. The molecule has 0 bridgehead atoms. The van der Waals surface area contributed by atoms with E-state index in [1.54, 1.807) is 0 Å². The average Bonchev–Trinajstić information content (AvgIpc) is 2.93. The van der Waals surface area contributed by atoms with E-state index in [1.165, 1.54) is 50.5 Å². The Bertz CT molecular complexity index is 714. The fraction of sp³-hybridized carbons (Fsp3) is 0.821. The predicted octanol–water partition coefficient (Wildman–Crippen LogP) is 7.76. The number of hydrogen-bond donors (Lipinski definition) is 0. The quantitative estimate of drug-likeness (QED) is 0.444. The molecule has 0 amide bonds. The van der Waals surface area contributed by atoms with Crippen LogP contribution >= 0.6 is 0 Å². The zero-order valence-electron chi connectivity index (χ0n) is 19.9. The molecule has 4 rings (SSSR count). The van der Waals surface area contributed by atoms with Gasteiger partial charge in [0.2, 0.25) is 0 Å². The Balaban J connectivity index is 1.59. The summed E-state index contributed by atoms with van der Waals surface area (Å²) in [5, 5.41) is 0. The lowest BCUT2D eigenvalue weighted by molar-refractivity contribution is -0.125. The lowest BCUT2D eigenvalue weighted by Gasteiger charge is -2.63. The Morgan fingerprint density at radius 1 is 0.966 bits per heavy atom. The maximum absolute atomic E-state index is 12.1. The molecule has 3 saturated carbocycles. The van der Waals surface area contributed by atoms with Crippen molar-refractivity contribution < 1.29 is 4.79 Å². The molecule has 0 unspecified atom stereocenters. The van der Waals surface area contributed by atoms with Gasteiger partial charge in [-0.2, -0.15) is 0 Å². The molecular weight excluding hydrogens is 352 g/mol. The molecule has 3 fully saturated rings. The smallest absolute Gasteiger partial charge is 0.155 e. The highest BCUT2D eigenvalue weighted by molar-refractivity contribution is 5.91. The van der Waals surface area contributed by atoms with Crippen LogP contribution in [0.4, 0.5) is 0 Å². The molecule has 0 saturated heterocycles. The third-order valence-electron chi connectivity index (χ3n) is 10.6. The van der Waals surface area contributed by atoms with Crippen LogP contribution < -0.4 is 0 Å². The molecule has 4 aliphatic rings. The van der Waals surface area contributed by atoms with Crippen LogP contribution in [0.15, 0.2) is 23.8 Å². The van der Waals surface area contributed by atoms with Crippen LogP contribution in [0.25, 0.3) is 0 Å². The van der Waals surface area contributed by atoms with Gasteiger partial charge in [-0.25, -0.2) is 0 Å². The first-order valence-corrected chi connectivity index (χ1v) is 12.5. The molecule has 0 aromatic carbocycles. The van der Waals surface area contributed by atoms with Gasteiger partial charge in [-0.15, -0.1) is 0 Å². The Morgan fingerprint density at radius 2 is 1.69 bits per heavy atom. The molecule has 0 heterocycles. The summed E-state index contributed by atoms with van der Waals surface area (Å²) in [6.07, 6.45) is 18.2. The molecule has 4 aliphatic carbocycles. The van der Waals surface area contributed by atoms with Crippen molar-refractivity contribution in [3.63, 3.8) is 0 Å². The molecule has 1 nitrogen and oxygen atoms in total. The molecular formula is C28H44O. The molecule has 0 aliphatic heterocycles. The Hall–Kier alpha value is -0.850. The molecule has 0 radical (unpaired) electrons. The highest BCUT2D eigenvalue weighted by Crippen LogP contribution is 2.72. The summed E-state index contributed by atoms with van der Waals surface area (Å²) in [6.45, 7) is 15.0. The zero-order chi connectivity index (χ0) is 21.0. The van der Waals surface area contributed by atoms with E-state index >= 15 is 0 Å². The highest BCUT2D eigenvalue weighted by Gasteiger charge is 2.64. The summed E-state index contributed by atoms with van der Waals surface area (Å²) < 4.78 is 0. The van der Waals surface area contributed by atoms with Crippen LogP contribution in [0.5, 0.6) is 0 Å². The Morgan fingerprint density at radius 3 is 2.41 bits per heavy atom. The minimum atomic E-state index is 0.294. The second-order valence-electron chi connectivity index (χ2n) is 12.2. The summed E-state index contributed by atoms with van der Waals surface area (Å²) in [4.78, 5) is 12.1. The van der Waals surface area contributed by atoms with Crippen molar-refractivity contribution in [3.05, 3.63) is 23.8 Å². The van der Waals surface area contributed by atoms with Gasteiger partial charge in [0.05, 0.1) is 0 Å². The normalized spacial score (nSPS) is 45.7. The van der Waals surface area contributed by atoms with Crippen LogP contribution in [0.3, 0.4) is 0 Å². The van der Waals surface area contributed by atoms with Crippen LogP contribution in [0.2, 0.25) is 0 Å². The first-order chi connectivity index (χ1) is 13.6. The van der Waals surface area contributed by atoms with Crippen molar-refractivity contribution in [2.45, 2.75) is 99.3 Å². The lowest BCUT2D eigenvalue weighted by atomic mass is 9.41. The molecule has 1 heteroatoms. The van der Waals surface area contributed by atoms with Gasteiger partial charge in [-0.1, -0.05) is 59.3 Å². The second kappa shape index (κ2) is 7.38. The van der Waals surface area contributed by atoms with E-state index in [0.29, 0.717) is 27.9 Å². The van der Waals surface area contributed by atoms with Gasteiger partial charge in [0.1, 0.15) is 0 Å². The standard InChI is InChI=1S/C28H44O/c1-19(2)8-7-9-20(3)23-13-16-28(6)25-11-10-21-18-22(29)12-15-26(21,4)24(25)14-17-27(23,28)5/h7,9,18-20,23-25H,8,10-17H2,1-6H3/t20-,23-,24+,25-,26+,27-,28+/m1/s1. The number of hydrogen-bond acceptors (Lipinski definition) is 1. The summed E-state index contributed by atoms with van der Waals surface area (Å²) >= 11 is 0. The van der Waals surface area contributed by atoms with Crippen LogP contribution in [0.1, 0.15) is 99.3 Å². The monoisotopic (exact) mass is 396 g/mol. The average molecular weight is 397 g/mol. The van der Waals surface area contributed by atoms with E-state index in [-0.39, 0.29) is 0 Å². The van der Waals surface area contributed by atoms with Crippen LogP contribution in [-0.2, 0) is 4.79 Å². The van der Waals surface area contributed by atoms with Gasteiger partial charge in [0.15, 0.2) is 5.78 Å². The Kier molecular flexibility index (Phi) is 5.44. The first-order valence-electron chi connectivity index (χ1n) is 12.5. The number of ketones is 1. The maximum Gasteiger partial charge on any atom is 0.155 e. The third kappa shape index (κ3) is 3.21. The lowest BCUT2D eigenvalue weighted by Crippen LogP contribution is -2.55. The summed E-state index contributed by atoms with van der Waals surface area (Å²) in [5.41, 5.74) is 2.73. The SMILES string of the molecule is CC(C)CC=C[C@@H](C)[C@H]1CC[C@@]2(C)[C@@H]3CCC4=CC(=O)CC[C@]4(C)[C@H]3CC[C@]12C. The largest absolute Gasteiger partial charge is 0.295 e. The molecule has 7 atom stereocenters. The minimum Gasteiger partial charge on any atom is -0.295 e. The molecule has 162 valence electrons. The van der Waals surface area contributed by atoms with Crippen molar-refractivity contribution in [1.29, 1.82) is 0 Å². The van der Waals surface area contributed by atoms with Crippen molar-refractivity contribution in [1.82, 2.24) is 0 Å². The van der Waals surface area contributed by atoms with Crippen molar-refractivity contribution in [3.8, 4) is 0 Å². The van der Waals surface area contributed by atoms with Crippen LogP contribution in [-0.4, -0.2) is 5.78 Å². The van der Waals surface area contributed by atoms with Gasteiger partial charge in [0, 0.05) is 6.42 Å². The zero-order valence-corrected chi connectivity index (χ0v) is 19.9. The summed E-state index contributed by atoms with van der Waals surface area (Å²) in [5.74, 6) is 4.29. The van der Waals surface area contributed by atoms with Crippen molar-refractivity contribution in [2.24, 2.45) is 45.8 Å². The summed E-state index contributed by atoms with van der Waals surface area (Å²) in [7, 11) is 0. The molecule has 0 aromatic heterocycles. The fourth-order valence-electron chi connectivity index (χ4n) is 8.56. The van der Waals surface area contributed by atoms with E-state index in [2.05, 4.69) is 59.8 Å². The number of carbonyl (C=O) groups is 1. The van der Waals surface area contributed by atoms with E-state index in [9.17, 15) is 4.79 Å². The Labute approximate surface area is 179 Å². The topological polar surface area (TPSA) is 17.1 Å². The third-order valence-corrected chi connectivity index (χ3v) is 10.6. The molecule has 0 aromatic rings. The number of carbonyl (C=O) groups excluding carboxylic acids is 1. The maximum atomic E-state index is 12.1. The fourth-order valence-corrected chi connectivity index (χ4v) is 8.56. The molecule has 0 N–H and O–H groups in total. The van der Waals surface area contributed by atoms with E-state index in [0.717, 1.165) is 36.5 Å². The van der Waals surface area contributed by atoms with Gasteiger partial charge in [-0.3, -0.25) is 4.79 Å².